The first-order valence-corrected chi connectivity index (χ1v) is 5.67. The minimum Gasteiger partial charge on any atom is -0.323 e. The molecule has 15 heavy (non-hydrogen) atoms. The Morgan fingerprint density at radius 2 is 2.33 bits per heavy atom. The van der Waals surface area contributed by atoms with Gasteiger partial charge in [-0.05, 0) is 25.5 Å². The van der Waals surface area contributed by atoms with Crippen molar-refractivity contribution in [2.24, 2.45) is 5.73 Å². The molecule has 0 radical (unpaired) electrons. The predicted molar refractivity (Wildman–Crippen MR) is 59.2 cm³/mol. The van der Waals surface area contributed by atoms with Crippen LogP contribution in [0, 0.1) is 6.92 Å². The molecular formula is C9H15N3O2S. The molecule has 0 bridgehead atoms. The van der Waals surface area contributed by atoms with Gasteiger partial charge in [-0.3, -0.25) is 9.54 Å². The van der Waals surface area contributed by atoms with Crippen molar-refractivity contribution in [2.75, 3.05) is 0 Å². The molecule has 1 rings (SSSR count). The number of nitrogens with one attached hydrogen (secondary N) is 1. The van der Waals surface area contributed by atoms with E-state index in [0.29, 0.717) is 6.54 Å². The van der Waals surface area contributed by atoms with E-state index < -0.39 is 11.3 Å². The molecule has 2 atom stereocenters. The van der Waals surface area contributed by atoms with Gasteiger partial charge in [-0.1, -0.05) is 6.07 Å². The number of aromatic nitrogens is 1. The Hall–Kier alpha value is -0.820. The first-order chi connectivity index (χ1) is 7.00. The molecule has 6 heteroatoms. The molecule has 1 heterocycles. The summed E-state index contributed by atoms with van der Waals surface area (Å²) in [6, 6.07) is 3.59. The second-order valence-electron chi connectivity index (χ2n) is 3.34. The van der Waals surface area contributed by atoms with Gasteiger partial charge in [-0.15, -0.1) is 0 Å². The Kier molecular flexibility index (Phi) is 4.34. The maximum atomic E-state index is 10.4. The highest BCUT2D eigenvalue weighted by Gasteiger charge is 2.05. The van der Waals surface area contributed by atoms with Crippen LogP contribution in [0.25, 0.3) is 0 Å². The van der Waals surface area contributed by atoms with Crippen molar-refractivity contribution in [3.8, 4) is 0 Å². The van der Waals surface area contributed by atoms with Gasteiger partial charge in [-0.25, -0.2) is 8.93 Å². The number of rotatable bonds is 4. The third kappa shape index (κ3) is 3.67. The molecular weight excluding hydrogens is 214 g/mol. The SMILES string of the molecule is Cc1nc([C@@H](C)N)ccc1CNS(=O)O. The number of nitrogens with zero attached hydrogens (tertiary/aromatic N) is 1. The molecule has 0 aliphatic heterocycles. The number of hydrogen-bond acceptors (Lipinski definition) is 3. The van der Waals surface area contributed by atoms with Crippen LogP contribution in [0.5, 0.6) is 0 Å². The van der Waals surface area contributed by atoms with Crippen LogP contribution in [-0.4, -0.2) is 13.7 Å². The van der Waals surface area contributed by atoms with E-state index in [2.05, 4.69) is 9.71 Å². The van der Waals surface area contributed by atoms with Crippen molar-refractivity contribution in [1.82, 2.24) is 9.71 Å². The van der Waals surface area contributed by atoms with Crippen molar-refractivity contribution >= 4 is 11.3 Å². The molecule has 0 saturated carbocycles. The maximum Gasteiger partial charge on any atom is 0.232 e. The number of pyridine rings is 1. The predicted octanol–water partition coefficient (Wildman–Crippen LogP) is 0.636. The zero-order chi connectivity index (χ0) is 11.4. The monoisotopic (exact) mass is 229 g/mol. The number of hydrogen-bond donors (Lipinski definition) is 3. The van der Waals surface area contributed by atoms with Crippen molar-refractivity contribution in [3.05, 3.63) is 29.1 Å². The third-order valence-corrected chi connectivity index (χ3v) is 2.46. The lowest BCUT2D eigenvalue weighted by molar-refractivity contribution is 0.548. The van der Waals surface area contributed by atoms with E-state index >= 15 is 0 Å². The first-order valence-electron chi connectivity index (χ1n) is 4.57. The van der Waals surface area contributed by atoms with Crippen molar-refractivity contribution in [1.29, 1.82) is 0 Å². The summed E-state index contributed by atoms with van der Waals surface area (Å²) in [5, 5.41) is 0. The summed E-state index contributed by atoms with van der Waals surface area (Å²) in [6.07, 6.45) is 0. The van der Waals surface area contributed by atoms with Gasteiger partial charge < -0.3 is 5.73 Å². The fraction of sp³-hybridized carbons (Fsp3) is 0.444. The molecule has 0 aliphatic carbocycles. The lowest BCUT2D eigenvalue weighted by Gasteiger charge is -2.09. The second-order valence-corrected chi connectivity index (χ2v) is 4.13. The summed E-state index contributed by atoms with van der Waals surface area (Å²) in [7, 11) is 0. The van der Waals surface area contributed by atoms with Gasteiger partial charge in [0.05, 0.1) is 5.69 Å². The fourth-order valence-electron chi connectivity index (χ4n) is 1.19. The van der Waals surface area contributed by atoms with E-state index in [-0.39, 0.29) is 6.04 Å². The average molecular weight is 229 g/mol. The van der Waals surface area contributed by atoms with E-state index in [0.717, 1.165) is 17.0 Å². The van der Waals surface area contributed by atoms with Crippen LogP contribution in [-0.2, 0) is 17.8 Å². The highest BCUT2D eigenvalue weighted by atomic mass is 32.2. The molecule has 0 aromatic carbocycles. The lowest BCUT2D eigenvalue weighted by Crippen LogP contribution is -2.17. The summed E-state index contributed by atoms with van der Waals surface area (Å²) < 4.78 is 21.4. The summed E-state index contributed by atoms with van der Waals surface area (Å²) in [6.45, 7) is 4.03. The minimum absolute atomic E-state index is 0.0994. The lowest BCUT2D eigenvalue weighted by atomic mass is 10.1. The van der Waals surface area contributed by atoms with Crippen LogP contribution in [0.15, 0.2) is 12.1 Å². The Bertz CT molecular complexity index is 368. The van der Waals surface area contributed by atoms with Crippen LogP contribution >= 0.6 is 0 Å². The van der Waals surface area contributed by atoms with E-state index in [1.54, 1.807) is 0 Å². The van der Waals surface area contributed by atoms with Crippen LogP contribution in [0.2, 0.25) is 0 Å². The van der Waals surface area contributed by atoms with Crippen molar-refractivity contribution in [2.45, 2.75) is 26.4 Å². The Morgan fingerprint density at radius 1 is 1.67 bits per heavy atom. The zero-order valence-electron chi connectivity index (χ0n) is 8.73. The number of nitrogens with two attached hydrogens (primary N) is 1. The molecule has 0 spiro atoms. The maximum absolute atomic E-state index is 10.4. The highest BCUT2D eigenvalue weighted by molar-refractivity contribution is 7.77. The Labute approximate surface area is 91.5 Å². The minimum atomic E-state index is -1.99. The zero-order valence-corrected chi connectivity index (χ0v) is 9.54. The van der Waals surface area contributed by atoms with Crippen LogP contribution in [0.4, 0.5) is 0 Å². The summed E-state index contributed by atoms with van der Waals surface area (Å²) in [5.74, 6) is 0. The van der Waals surface area contributed by atoms with Crippen LogP contribution in [0.3, 0.4) is 0 Å². The fourth-order valence-corrected chi connectivity index (χ4v) is 1.47. The van der Waals surface area contributed by atoms with Gasteiger partial charge >= 0.3 is 0 Å². The molecule has 1 unspecified atom stereocenters. The molecule has 84 valence electrons. The Morgan fingerprint density at radius 3 is 2.80 bits per heavy atom. The third-order valence-electron chi connectivity index (χ3n) is 2.07. The topological polar surface area (TPSA) is 88.2 Å². The van der Waals surface area contributed by atoms with E-state index in [1.165, 1.54) is 0 Å². The van der Waals surface area contributed by atoms with Gasteiger partial charge in [0.2, 0.25) is 11.3 Å². The van der Waals surface area contributed by atoms with E-state index in [1.807, 2.05) is 26.0 Å². The van der Waals surface area contributed by atoms with Gasteiger partial charge in [0.1, 0.15) is 0 Å². The molecule has 4 N–H and O–H groups in total. The highest BCUT2D eigenvalue weighted by Crippen LogP contribution is 2.11. The van der Waals surface area contributed by atoms with Crippen LogP contribution in [0.1, 0.15) is 29.9 Å². The smallest absolute Gasteiger partial charge is 0.232 e. The molecule has 0 amide bonds. The molecule has 1 aromatic heterocycles. The quantitative estimate of drug-likeness (QED) is 0.661. The Balaban J connectivity index is 2.79. The van der Waals surface area contributed by atoms with Crippen molar-refractivity contribution < 1.29 is 8.76 Å². The first kappa shape index (κ1) is 12.3. The van der Waals surface area contributed by atoms with Gasteiger partial charge in [0, 0.05) is 18.3 Å². The van der Waals surface area contributed by atoms with E-state index in [4.69, 9.17) is 10.3 Å². The van der Waals surface area contributed by atoms with E-state index in [9.17, 15) is 4.21 Å². The summed E-state index contributed by atoms with van der Waals surface area (Å²) in [5.41, 5.74) is 8.22. The number of aryl methyl sites for hydroxylation is 1. The van der Waals surface area contributed by atoms with Gasteiger partial charge in [-0.2, -0.15) is 0 Å². The second kappa shape index (κ2) is 5.32. The normalized spacial score (nSPS) is 14.9. The molecule has 5 nitrogen and oxygen atoms in total. The van der Waals surface area contributed by atoms with Crippen molar-refractivity contribution in [3.63, 3.8) is 0 Å². The van der Waals surface area contributed by atoms with Gasteiger partial charge in [0.15, 0.2) is 0 Å². The average Bonchev–Trinajstić information content (AvgIpc) is 2.15. The largest absolute Gasteiger partial charge is 0.323 e. The summed E-state index contributed by atoms with van der Waals surface area (Å²) in [4.78, 5) is 4.30. The molecule has 1 aromatic rings. The molecule has 0 fully saturated rings. The standard InChI is InChI=1S/C9H15N3O2S/c1-6(10)9-4-3-8(7(2)12-9)5-11-15(13)14/h3-4,6,11H,5,10H2,1-2H3,(H,13,14)/t6-/m1/s1. The van der Waals surface area contributed by atoms with Gasteiger partial charge in [0.25, 0.3) is 0 Å². The van der Waals surface area contributed by atoms with Crippen LogP contribution < -0.4 is 10.5 Å². The molecule has 0 saturated heterocycles. The molecule has 0 aliphatic rings. The summed E-state index contributed by atoms with van der Waals surface area (Å²) >= 11 is -1.99.